The van der Waals surface area contributed by atoms with Crippen LogP contribution >= 0.6 is 0 Å². The number of rotatable bonds is 10. The number of amides is 1. The average molecular weight is 335 g/mol. The molecule has 5 heteroatoms. The van der Waals surface area contributed by atoms with Gasteiger partial charge in [0.05, 0.1) is 12.1 Å². The van der Waals surface area contributed by atoms with Gasteiger partial charge in [-0.3, -0.25) is 9.59 Å². The molecule has 0 aliphatic carbocycles. The number of carbonyl (C=O) groups excluding carboxylic acids is 1. The van der Waals surface area contributed by atoms with Gasteiger partial charge in [0.15, 0.2) is 0 Å². The first-order valence-corrected chi connectivity index (χ1v) is 8.47. The first-order valence-electron chi connectivity index (χ1n) is 8.47. The Balaban J connectivity index is 2.51. The average Bonchev–Trinajstić information content (AvgIpc) is 2.49. The molecule has 5 nitrogen and oxygen atoms in total. The van der Waals surface area contributed by atoms with Crippen molar-refractivity contribution in [3.8, 4) is 5.75 Å². The molecule has 134 valence electrons. The Morgan fingerprint density at radius 3 is 2.25 bits per heavy atom. The molecule has 0 heterocycles. The third kappa shape index (κ3) is 7.49. The molecule has 0 fully saturated rings. The summed E-state index contributed by atoms with van der Waals surface area (Å²) in [4.78, 5) is 22.5. The highest BCUT2D eigenvalue weighted by Crippen LogP contribution is 2.23. The van der Waals surface area contributed by atoms with Crippen LogP contribution in [0.3, 0.4) is 0 Å². The van der Waals surface area contributed by atoms with Crippen LogP contribution in [0.25, 0.3) is 0 Å². The number of nitrogens with one attached hydrogen (secondary N) is 1. The largest absolute Gasteiger partial charge is 0.493 e. The number of carboxylic acids is 1. The second-order valence-corrected chi connectivity index (χ2v) is 7.00. The molecule has 1 amide bonds. The van der Waals surface area contributed by atoms with E-state index in [9.17, 15) is 9.59 Å². The van der Waals surface area contributed by atoms with Crippen molar-refractivity contribution >= 4 is 11.9 Å². The second kappa shape index (κ2) is 9.30. The summed E-state index contributed by atoms with van der Waals surface area (Å²) >= 11 is 0. The van der Waals surface area contributed by atoms with Gasteiger partial charge in [-0.25, -0.2) is 0 Å². The fourth-order valence-electron chi connectivity index (χ4n) is 2.28. The van der Waals surface area contributed by atoms with Gasteiger partial charge in [-0.05, 0) is 50.3 Å². The topological polar surface area (TPSA) is 75.6 Å². The van der Waals surface area contributed by atoms with Crippen molar-refractivity contribution in [1.82, 2.24) is 5.32 Å². The molecule has 0 atom stereocenters. The second-order valence-electron chi connectivity index (χ2n) is 7.00. The normalized spacial score (nSPS) is 11.4. The van der Waals surface area contributed by atoms with E-state index in [1.54, 1.807) is 0 Å². The summed E-state index contributed by atoms with van der Waals surface area (Å²) in [6.07, 6.45) is 1.54. The van der Waals surface area contributed by atoms with Gasteiger partial charge in [-0.1, -0.05) is 26.0 Å². The van der Waals surface area contributed by atoms with Gasteiger partial charge in [0.1, 0.15) is 5.75 Å². The lowest BCUT2D eigenvalue weighted by molar-refractivity contribution is -0.137. The van der Waals surface area contributed by atoms with Crippen molar-refractivity contribution in [3.05, 3.63) is 29.8 Å². The van der Waals surface area contributed by atoms with Crippen LogP contribution in [0.15, 0.2) is 24.3 Å². The Morgan fingerprint density at radius 1 is 1.12 bits per heavy atom. The Kier molecular flexibility index (Phi) is 7.75. The summed E-state index contributed by atoms with van der Waals surface area (Å²) in [5, 5.41) is 11.6. The van der Waals surface area contributed by atoms with Gasteiger partial charge >= 0.3 is 5.97 Å². The quantitative estimate of drug-likeness (QED) is 0.639. The van der Waals surface area contributed by atoms with E-state index in [0.29, 0.717) is 31.8 Å². The Labute approximate surface area is 144 Å². The minimum atomic E-state index is -0.824. The van der Waals surface area contributed by atoms with Crippen LogP contribution in [0.5, 0.6) is 5.75 Å². The molecular formula is C19H29NO4. The van der Waals surface area contributed by atoms with Gasteiger partial charge in [0.2, 0.25) is 5.91 Å². The Bertz CT molecular complexity index is 535. The van der Waals surface area contributed by atoms with Crippen LogP contribution in [-0.2, 0) is 15.1 Å². The van der Waals surface area contributed by atoms with Crippen molar-refractivity contribution in [3.63, 3.8) is 0 Å². The molecule has 1 rings (SSSR count). The highest BCUT2D eigenvalue weighted by molar-refractivity contribution is 5.77. The number of hydrogen-bond acceptors (Lipinski definition) is 3. The van der Waals surface area contributed by atoms with Gasteiger partial charge in [0.25, 0.3) is 0 Å². The van der Waals surface area contributed by atoms with Crippen molar-refractivity contribution in [2.75, 3.05) is 6.61 Å². The number of carbonyl (C=O) groups is 2. The van der Waals surface area contributed by atoms with Crippen LogP contribution in [0.2, 0.25) is 0 Å². The Hall–Kier alpha value is -2.04. The SMILES string of the molecule is CC(C)COc1ccc(C(C)(C)NC(=O)CCCCC(=O)O)cc1. The number of carboxylic acid groups (broad SMARTS) is 1. The molecule has 0 aliphatic heterocycles. The maximum absolute atomic E-state index is 12.0. The van der Waals surface area contributed by atoms with E-state index in [1.165, 1.54) is 0 Å². The molecule has 24 heavy (non-hydrogen) atoms. The highest BCUT2D eigenvalue weighted by atomic mass is 16.5. The number of unbranched alkanes of at least 4 members (excludes halogenated alkanes) is 1. The van der Waals surface area contributed by atoms with Crippen molar-refractivity contribution in [2.24, 2.45) is 5.92 Å². The monoisotopic (exact) mass is 335 g/mol. The van der Waals surface area contributed by atoms with E-state index in [4.69, 9.17) is 9.84 Å². The molecule has 0 bridgehead atoms. The predicted octanol–water partition coefficient (Wildman–Crippen LogP) is 3.72. The molecule has 0 radical (unpaired) electrons. The molecule has 1 aromatic carbocycles. The minimum absolute atomic E-state index is 0.0643. The lowest BCUT2D eigenvalue weighted by Gasteiger charge is -2.27. The lowest BCUT2D eigenvalue weighted by Crippen LogP contribution is -2.40. The fourth-order valence-corrected chi connectivity index (χ4v) is 2.28. The number of benzene rings is 1. The standard InChI is InChI=1S/C19H29NO4/c1-14(2)13-24-16-11-9-15(10-12-16)19(3,4)20-17(21)7-5-6-8-18(22)23/h9-12,14H,5-8,13H2,1-4H3,(H,20,21)(H,22,23). The van der Waals surface area contributed by atoms with E-state index < -0.39 is 11.5 Å². The molecule has 0 unspecified atom stereocenters. The van der Waals surface area contributed by atoms with E-state index in [-0.39, 0.29) is 12.3 Å². The smallest absolute Gasteiger partial charge is 0.303 e. The van der Waals surface area contributed by atoms with E-state index in [2.05, 4.69) is 19.2 Å². The summed E-state index contributed by atoms with van der Waals surface area (Å²) in [5.41, 5.74) is 0.513. The maximum atomic E-state index is 12.0. The number of aliphatic carboxylic acids is 1. The van der Waals surface area contributed by atoms with Crippen molar-refractivity contribution in [2.45, 2.75) is 58.9 Å². The molecule has 0 saturated carbocycles. The summed E-state index contributed by atoms with van der Waals surface area (Å²) in [6.45, 7) is 8.78. The molecule has 0 saturated heterocycles. The van der Waals surface area contributed by atoms with Crippen LogP contribution in [0, 0.1) is 5.92 Å². The van der Waals surface area contributed by atoms with Gasteiger partial charge in [-0.2, -0.15) is 0 Å². The van der Waals surface area contributed by atoms with Crippen LogP contribution in [0.1, 0.15) is 58.9 Å². The first-order chi connectivity index (χ1) is 11.2. The fraction of sp³-hybridized carbons (Fsp3) is 0.579. The predicted molar refractivity (Wildman–Crippen MR) is 94.0 cm³/mol. The lowest BCUT2D eigenvalue weighted by atomic mass is 9.94. The zero-order valence-electron chi connectivity index (χ0n) is 15.1. The zero-order chi connectivity index (χ0) is 18.2. The zero-order valence-corrected chi connectivity index (χ0v) is 15.1. The summed E-state index contributed by atoms with van der Waals surface area (Å²) < 4.78 is 5.67. The van der Waals surface area contributed by atoms with E-state index in [1.807, 2.05) is 38.1 Å². The number of hydrogen-bond donors (Lipinski definition) is 2. The summed E-state index contributed by atoms with van der Waals surface area (Å²) in [6, 6.07) is 7.75. The molecular weight excluding hydrogens is 306 g/mol. The maximum Gasteiger partial charge on any atom is 0.303 e. The molecule has 0 aromatic heterocycles. The molecule has 0 spiro atoms. The molecule has 1 aromatic rings. The van der Waals surface area contributed by atoms with Crippen molar-refractivity contribution in [1.29, 1.82) is 0 Å². The molecule has 0 aliphatic rings. The first kappa shape index (κ1) is 20.0. The third-order valence-electron chi connectivity index (χ3n) is 3.66. The van der Waals surface area contributed by atoms with Crippen LogP contribution in [-0.4, -0.2) is 23.6 Å². The van der Waals surface area contributed by atoms with Crippen LogP contribution < -0.4 is 10.1 Å². The third-order valence-corrected chi connectivity index (χ3v) is 3.66. The van der Waals surface area contributed by atoms with E-state index in [0.717, 1.165) is 11.3 Å². The van der Waals surface area contributed by atoms with Gasteiger partial charge in [-0.15, -0.1) is 0 Å². The molecule has 2 N–H and O–H groups in total. The van der Waals surface area contributed by atoms with Gasteiger partial charge in [0, 0.05) is 12.8 Å². The minimum Gasteiger partial charge on any atom is -0.493 e. The van der Waals surface area contributed by atoms with Crippen LogP contribution in [0.4, 0.5) is 0 Å². The van der Waals surface area contributed by atoms with E-state index >= 15 is 0 Å². The summed E-state index contributed by atoms with van der Waals surface area (Å²) in [7, 11) is 0. The Morgan fingerprint density at radius 2 is 1.71 bits per heavy atom. The van der Waals surface area contributed by atoms with Gasteiger partial charge < -0.3 is 15.2 Å². The highest BCUT2D eigenvalue weighted by Gasteiger charge is 2.22. The summed E-state index contributed by atoms with van der Waals surface area (Å²) in [5.74, 6) is 0.408. The van der Waals surface area contributed by atoms with Crippen molar-refractivity contribution < 1.29 is 19.4 Å². The number of ether oxygens (including phenoxy) is 1.